The molecule has 0 bridgehead atoms. The van der Waals surface area contributed by atoms with Crippen molar-refractivity contribution in [2.24, 2.45) is 0 Å². The lowest BCUT2D eigenvalue weighted by atomic mass is 10.1. The van der Waals surface area contributed by atoms with E-state index in [-0.39, 0.29) is 5.57 Å². The summed E-state index contributed by atoms with van der Waals surface area (Å²) >= 11 is 5.89. The van der Waals surface area contributed by atoms with Crippen LogP contribution < -0.4 is 10.2 Å². The Hall–Kier alpha value is -3.64. The maximum atomic E-state index is 13.0. The fourth-order valence-corrected chi connectivity index (χ4v) is 3.38. The van der Waals surface area contributed by atoms with Crippen LogP contribution in [0, 0.1) is 13.8 Å². The maximum Gasteiger partial charge on any atom is 0.335 e. The van der Waals surface area contributed by atoms with Gasteiger partial charge in [0.1, 0.15) is 5.57 Å². The standard InChI is InChI=1S/C23H18ClN3O3/c1-14-5-8-19(12-15(14)2)26-11-3-4-18(26)13-20-21(28)25-23(30)27(22(20)29)17-9-6-16(24)7-10-17/h3-13H,1-2H3,(H,25,28,30)/b20-13+. The molecule has 6 nitrogen and oxygen atoms in total. The van der Waals surface area contributed by atoms with Crippen LogP contribution in [-0.2, 0) is 9.59 Å². The molecule has 1 saturated heterocycles. The number of aromatic nitrogens is 1. The van der Waals surface area contributed by atoms with Crippen molar-refractivity contribution in [2.45, 2.75) is 13.8 Å². The van der Waals surface area contributed by atoms with Crippen molar-refractivity contribution in [1.82, 2.24) is 9.88 Å². The summed E-state index contributed by atoms with van der Waals surface area (Å²) in [6.45, 7) is 4.05. The SMILES string of the molecule is Cc1ccc(-n2cccc2/C=C2\C(=O)NC(=O)N(c3ccc(Cl)cc3)C2=O)cc1C. The van der Waals surface area contributed by atoms with Crippen LogP contribution in [0.15, 0.2) is 66.4 Å². The third-order valence-electron chi connectivity index (χ3n) is 5.03. The molecule has 7 heteroatoms. The van der Waals surface area contributed by atoms with E-state index >= 15 is 0 Å². The molecule has 2 heterocycles. The quantitative estimate of drug-likeness (QED) is 0.504. The van der Waals surface area contributed by atoms with Gasteiger partial charge >= 0.3 is 6.03 Å². The number of nitrogens with zero attached hydrogens (tertiary/aromatic N) is 2. The number of urea groups is 1. The third-order valence-corrected chi connectivity index (χ3v) is 5.28. The number of hydrogen-bond acceptors (Lipinski definition) is 3. The molecule has 30 heavy (non-hydrogen) atoms. The predicted octanol–water partition coefficient (Wildman–Crippen LogP) is 4.41. The van der Waals surface area contributed by atoms with Gasteiger partial charge in [0.05, 0.1) is 5.69 Å². The minimum atomic E-state index is -0.797. The molecule has 0 spiro atoms. The first-order chi connectivity index (χ1) is 14.3. The van der Waals surface area contributed by atoms with Crippen molar-refractivity contribution in [3.05, 3.63) is 88.2 Å². The monoisotopic (exact) mass is 419 g/mol. The number of aryl methyl sites for hydroxylation is 2. The average molecular weight is 420 g/mol. The van der Waals surface area contributed by atoms with E-state index in [9.17, 15) is 14.4 Å². The normalized spacial score (nSPS) is 15.6. The van der Waals surface area contributed by atoms with Crippen LogP contribution in [0.2, 0.25) is 5.02 Å². The number of nitrogens with one attached hydrogen (secondary N) is 1. The Morgan fingerprint density at radius 2 is 1.60 bits per heavy atom. The van der Waals surface area contributed by atoms with Crippen LogP contribution in [-0.4, -0.2) is 22.4 Å². The Kier molecular flexibility index (Phi) is 5.01. The van der Waals surface area contributed by atoms with Gasteiger partial charge in [-0.15, -0.1) is 0 Å². The minimum Gasteiger partial charge on any atom is -0.317 e. The third kappa shape index (κ3) is 3.53. The molecule has 4 amide bonds. The van der Waals surface area contributed by atoms with E-state index in [0.29, 0.717) is 16.4 Å². The first-order valence-corrected chi connectivity index (χ1v) is 9.65. The second-order valence-electron chi connectivity index (χ2n) is 7.01. The Labute approximate surface area is 178 Å². The van der Waals surface area contributed by atoms with E-state index in [1.54, 1.807) is 30.3 Å². The fraction of sp³-hybridized carbons (Fsp3) is 0.0870. The number of hydrogen-bond donors (Lipinski definition) is 1. The molecule has 1 aliphatic heterocycles. The number of halogens is 1. The van der Waals surface area contributed by atoms with Gasteiger partial charge in [0.2, 0.25) is 0 Å². The van der Waals surface area contributed by atoms with Crippen LogP contribution in [0.25, 0.3) is 11.8 Å². The highest BCUT2D eigenvalue weighted by molar-refractivity contribution is 6.39. The second-order valence-corrected chi connectivity index (χ2v) is 7.44. The predicted molar refractivity (Wildman–Crippen MR) is 116 cm³/mol. The van der Waals surface area contributed by atoms with Gasteiger partial charge in [0.15, 0.2) is 0 Å². The summed E-state index contributed by atoms with van der Waals surface area (Å²) in [5.41, 5.74) is 4.04. The van der Waals surface area contributed by atoms with Crippen LogP contribution in [0.4, 0.5) is 10.5 Å². The Bertz CT molecular complexity index is 1210. The highest BCUT2D eigenvalue weighted by Gasteiger charge is 2.37. The molecular formula is C23H18ClN3O3. The van der Waals surface area contributed by atoms with Crippen molar-refractivity contribution in [3.8, 4) is 5.69 Å². The molecule has 1 fully saturated rings. The molecule has 0 aliphatic carbocycles. The van der Waals surface area contributed by atoms with Crippen molar-refractivity contribution in [3.63, 3.8) is 0 Å². The van der Waals surface area contributed by atoms with Crippen molar-refractivity contribution >= 4 is 41.2 Å². The number of carbonyl (C=O) groups is 3. The lowest BCUT2D eigenvalue weighted by molar-refractivity contribution is -0.122. The number of benzene rings is 2. The van der Waals surface area contributed by atoms with Crippen LogP contribution in [0.5, 0.6) is 0 Å². The highest BCUT2D eigenvalue weighted by atomic mass is 35.5. The molecule has 4 rings (SSSR count). The first kappa shape index (κ1) is 19.7. The van der Waals surface area contributed by atoms with Gasteiger partial charge < -0.3 is 4.57 Å². The summed E-state index contributed by atoms with van der Waals surface area (Å²) in [7, 11) is 0. The van der Waals surface area contributed by atoms with Gasteiger partial charge in [-0.05, 0) is 79.6 Å². The van der Waals surface area contributed by atoms with Crippen molar-refractivity contribution < 1.29 is 14.4 Å². The first-order valence-electron chi connectivity index (χ1n) is 9.27. The summed E-state index contributed by atoms with van der Waals surface area (Å²) < 4.78 is 1.88. The zero-order chi connectivity index (χ0) is 21.4. The highest BCUT2D eigenvalue weighted by Crippen LogP contribution is 2.24. The van der Waals surface area contributed by atoms with Gasteiger partial charge in [0, 0.05) is 22.6 Å². The molecule has 1 N–H and O–H groups in total. The van der Waals surface area contributed by atoms with Gasteiger partial charge in [0.25, 0.3) is 11.8 Å². The smallest absolute Gasteiger partial charge is 0.317 e. The zero-order valence-electron chi connectivity index (χ0n) is 16.3. The van der Waals surface area contributed by atoms with Gasteiger partial charge in [-0.25, -0.2) is 9.69 Å². The van der Waals surface area contributed by atoms with Gasteiger partial charge in [-0.3, -0.25) is 14.9 Å². The van der Waals surface area contributed by atoms with E-state index in [1.165, 1.54) is 11.6 Å². The van der Waals surface area contributed by atoms with Crippen LogP contribution in [0.3, 0.4) is 0 Å². The van der Waals surface area contributed by atoms with Gasteiger partial charge in [-0.2, -0.15) is 0 Å². The van der Waals surface area contributed by atoms with Crippen molar-refractivity contribution in [1.29, 1.82) is 0 Å². The molecule has 1 aromatic heterocycles. The summed E-state index contributed by atoms with van der Waals surface area (Å²) in [6, 6.07) is 15.1. The minimum absolute atomic E-state index is 0.131. The molecule has 0 atom stereocenters. The Balaban J connectivity index is 1.74. The molecule has 0 saturated carbocycles. The van der Waals surface area contributed by atoms with E-state index in [0.717, 1.165) is 16.2 Å². The molecular weight excluding hydrogens is 402 g/mol. The van der Waals surface area contributed by atoms with Crippen molar-refractivity contribution in [2.75, 3.05) is 4.90 Å². The summed E-state index contributed by atoms with van der Waals surface area (Å²) in [4.78, 5) is 38.7. The second kappa shape index (κ2) is 7.65. The number of imide groups is 2. The largest absolute Gasteiger partial charge is 0.335 e. The average Bonchev–Trinajstić information content (AvgIpc) is 3.17. The number of rotatable bonds is 3. The zero-order valence-corrected chi connectivity index (χ0v) is 17.1. The Morgan fingerprint density at radius 3 is 2.30 bits per heavy atom. The lowest BCUT2D eigenvalue weighted by Crippen LogP contribution is -2.54. The molecule has 0 radical (unpaired) electrons. The topological polar surface area (TPSA) is 71.4 Å². The van der Waals surface area contributed by atoms with Crippen LogP contribution >= 0.6 is 11.6 Å². The summed E-state index contributed by atoms with van der Waals surface area (Å²) in [6.07, 6.45) is 3.34. The molecule has 2 aromatic carbocycles. The molecule has 1 aliphatic rings. The van der Waals surface area contributed by atoms with Gasteiger partial charge in [-0.1, -0.05) is 17.7 Å². The molecule has 3 aromatic rings. The molecule has 150 valence electrons. The lowest BCUT2D eigenvalue weighted by Gasteiger charge is -2.26. The molecule has 0 unspecified atom stereocenters. The summed E-state index contributed by atoms with van der Waals surface area (Å²) in [5.74, 6) is -1.43. The number of carbonyl (C=O) groups excluding carboxylic acids is 3. The number of anilines is 1. The summed E-state index contributed by atoms with van der Waals surface area (Å²) in [5, 5.41) is 2.70. The van der Waals surface area contributed by atoms with Crippen LogP contribution in [0.1, 0.15) is 16.8 Å². The number of barbiturate groups is 1. The Morgan fingerprint density at radius 1 is 0.900 bits per heavy atom. The number of amides is 4. The van der Waals surface area contributed by atoms with E-state index < -0.39 is 17.8 Å². The maximum absolute atomic E-state index is 13.0. The van der Waals surface area contributed by atoms with E-state index in [4.69, 9.17) is 11.6 Å². The fourth-order valence-electron chi connectivity index (χ4n) is 3.25. The van der Waals surface area contributed by atoms with E-state index in [1.807, 2.05) is 48.9 Å². The van der Waals surface area contributed by atoms with E-state index in [2.05, 4.69) is 5.32 Å².